The van der Waals surface area contributed by atoms with Gasteiger partial charge in [-0.2, -0.15) is 5.10 Å². The second-order valence-electron chi connectivity index (χ2n) is 3.53. The molecule has 12 heavy (non-hydrogen) atoms. The molecule has 0 aliphatic carbocycles. The van der Waals surface area contributed by atoms with Gasteiger partial charge in [0.05, 0.1) is 11.8 Å². The van der Waals surface area contributed by atoms with Crippen molar-refractivity contribution in [1.29, 1.82) is 0 Å². The molecule has 0 amide bonds. The first-order valence-corrected chi connectivity index (χ1v) is 4.27. The minimum atomic E-state index is -0.377. The van der Waals surface area contributed by atoms with Crippen LogP contribution in [0.3, 0.4) is 0 Å². The van der Waals surface area contributed by atoms with Crippen molar-refractivity contribution in [2.24, 2.45) is 13.0 Å². The highest BCUT2D eigenvalue weighted by atomic mass is 16.3. The Morgan fingerprint density at radius 1 is 1.58 bits per heavy atom. The van der Waals surface area contributed by atoms with E-state index in [-0.39, 0.29) is 6.10 Å². The van der Waals surface area contributed by atoms with Gasteiger partial charge in [0.1, 0.15) is 0 Å². The van der Waals surface area contributed by atoms with Gasteiger partial charge in [0.15, 0.2) is 0 Å². The van der Waals surface area contributed by atoms with E-state index in [1.54, 1.807) is 10.9 Å². The molecule has 1 heterocycles. The molecule has 0 fully saturated rings. The fourth-order valence-electron chi connectivity index (χ4n) is 1.28. The molecule has 3 nitrogen and oxygen atoms in total. The van der Waals surface area contributed by atoms with E-state index < -0.39 is 0 Å². The summed E-state index contributed by atoms with van der Waals surface area (Å²) in [4.78, 5) is 0. The first kappa shape index (κ1) is 9.26. The van der Waals surface area contributed by atoms with Crippen LogP contribution in [0.25, 0.3) is 0 Å². The van der Waals surface area contributed by atoms with Gasteiger partial charge in [-0.1, -0.05) is 13.8 Å². The average molecular weight is 168 g/mol. The predicted octanol–water partition coefficient (Wildman–Crippen LogP) is 1.50. The second kappa shape index (κ2) is 3.72. The SMILES string of the molecule is CC(C)CC(O)c1ccnn1C. The van der Waals surface area contributed by atoms with Crippen LogP contribution in [0, 0.1) is 5.92 Å². The Labute approximate surface area is 73.0 Å². The second-order valence-corrected chi connectivity index (χ2v) is 3.53. The van der Waals surface area contributed by atoms with Crippen LogP contribution in [0.1, 0.15) is 32.1 Å². The molecule has 0 saturated carbocycles. The fourth-order valence-corrected chi connectivity index (χ4v) is 1.28. The molecule has 0 spiro atoms. The summed E-state index contributed by atoms with van der Waals surface area (Å²) in [6.07, 6.45) is 2.12. The van der Waals surface area contributed by atoms with Crippen molar-refractivity contribution in [3.05, 3.63) is 18.0 Å². The lowest BCUT2D eigenvalue weighted by Crippen LogP contribution is -2.07. The summed E-state index contributed by atoms with van der Waals surface area (Å²) >= 11 is 0. The molecule has 68 valence electrons. The van der Waals surface area contributed by atoms with Crippen molar-refractivity contribution in [2.45, 2.75) is 26.4 Å². The van der Waals surface area contributed by atoms with Gasteiger partial charge in [0.25, 0.3) is 0 Å². The lowest BCUT2D eigenvalue weighted by molar-refractivity contribution is 0.142. The van der Waals surface area contributed by atoms with Crippen LogP contribution in [0.2, 0.25) is 0 Å². The summed E-state index contributed by atoms with van der Waals surface area (Å²) < 4.78 is 1.72. The fraction of sp³-hybridized carbons (Fsp3) is 0.667. The molecule has 1 unspecified atom stereocenters. The van der Waals surface area contributed by atoms with Crippen molar-refractivity contribution in [3.8, 4) is 0 Å². The smallest absolute Gasteiger partial charge is 0.0959 e. The maximum atomic E-state index is 9.70. The molecule has 0 bridgehead atoms. The maximum Gasteiger partial charge on any atom is 0.0959 e. The van der Waals surface area contributed by atoms with Crippen molar-refractivity contribution < 1.29 is 5.11 Å². The number of hydrogen-bond acceptors (Lipinski definition) is 2. The van der Waals surface area contributed by atoms with Crippen molar-refractivity contribution in [1.82, 2.24) is 9.78 Å². The van der Waals surface area contributed by atoms with Gasteiger partial charge in [-0.05, 0) is 18.4 Å². The Bertz CT molecular complexity index is 242. The average Bonchev–Trinajstić information content (AvgIpc) is 2.33. The van der Waals surface area contributed by atoms with Crippen molar-refractivity contribution in [2.75, 3.05) is 0 Å². The number of aliphatic hydroxyl groups excluding tert-OH is 1. The number of hydrogen-bond donors (Lipinski definition) is 1. The van der Waals surface area contributed by atoms with Gasteiger partial charge in [0, 0.05) is 13.2 Å². The molecule has 1 rings (SSSR count). The molecule has 0 radical (unpaired) electrons. The number of aryl methyl sites for hydroxylation is 1. The minimum Gasteiger partial charge on any atom is -0.387 e. The zero-order chi connectivity index (χ0) is 9.14. The van der Waals surface area contributed by atoms with Crippen LogP contribution in [0.15, 0.2) is 12.3 Å². The summed E-state index contributed by atoms with van der Waals surface area (Å²) in [7, 11) is 1.85. The quantitative estimate of drug-likeness (QED) is 0.742. The van der Waals surface area contributed by atoms with Gasteiger partial charge in [-0.15, -0.1) is 0 Å². The van der Waals surface area contributed by atoms with E-state index in [2.05, 4.69) is 18.9 Å². The molecule has 1 atom stereocenters. The zero-order valence-electron chi connectivity index (χ0n) is 7.86. The number of nitrogens with zero attached hydrogens (tertiary/aromatic N) is 2. The Balaban J connectivity index is 2.65. The summed E-state index contributed by atoms with van der Waals surface area (Å²) in [5.41, 5.74) is 0.892. The highest BCUT2D eigenvalue weighted by molar-refractivity contribution is 5.03. The highest BCUT2D eigenvalue weighted by Crippen LogP contribution is 2.19. The first-order valence-electron chi connectivity index (χ1n) is 4.27. The van der Waals surface area contributed by atoms with E-state index in [9.17, 15) is 5.11 Å². The molecule has 0 aliphatic rings. The van der Waals surface area contributed by atoms with Crippen LogP contribution >= 0.6 is 0 Å². The van der Waals surface area contributed by atoms with Gasteiger partial charge < -0.3 is 5.11 Å². The molecule has 1 aromatic rings. The summed E-state index contributed by atoms with van der Waals surface area (Å²) in [6.45, 7) is 4.19. The molecule has 0 aromatic carbocycles. The van der Waals surface area contributed by atoms with Crippen LogP contribution in [-0.4, -0.2) is 14.9 Å². The first-order chi connectivity index (χ1) is 5.61. The topological polar surface area (TPSA) is 38.1 Å². The number of aliphatic hydroxyl groups is 1. The maximum absolute atomic E-state index is 9.70. The van der Waals surface area contributed by atoms with E-state index in [4.69, 9.17) is 0 Å². The summed E-state index contributed by atoms with van der Waals surface area (Å²) in [5.74, 6) is 0.509. The molecule has 3 heteroatoms. The predicted molar refractivity (Wildman–Crippen MR) is 47.6 cm³/mol. The Morgan fingerprint density at radius 2 is 2.25 bits per heavy atom. The third-order valence-corrected chi connectivity index (χ3v) is 1.89. The van der Waals surface area contributed by atoms with Crippen molar-refractivity contribution >= 4 is 0 Å². The van der Waals surface area contributed by atoms with Gasteiger partial charge in [-0.25, -0.2) is 0 Å². The van der Waals surface area contributed by atoms with E-state index >= 15 is 0 Å². The standard InChI is InChI=1S/C9H16N2O/c1-7(2)6-9(12)8-4-5-10-11(8)3/h4-5,7,9,12H,6H2,1-3H3. The Kier molecular flexibility index (Phi) is 2.87. The molecule has 1 N–H and O–H groups in total. The van der Waals surface area contributed by atoms with Crippen LogP contribution < -0.4 is 0 Å². The molecular formula is C9H16N2O. The van der Waals surface area contributed by atoms with E-state index in [1.165, 1.54) is 0 Å². The number of rotatable bonds is 3. The van der Waals surface area contributed by atoms with Crippen LogP contribution in [0.5, 0.6) is 0 Å². The summed E-state index contributed by atoms with van der Waals surface area (Å²) in [5, 5.41) is 13.7. The van der Waals surface area contributed by atoms with Crippen molar-refractivity contribution in [3.63, 3.8) is 0 Å². The van der Waals surface area contributed by atoms with E-state index in [1.807, 2.05) is 13.1 Å². The Morgan fingerprint density at radius 3 is 2.67 bits per heavy atom. The molecule has 0 aliphatic heterocycles. The third kappa shape index (κ3) is 2.08. The monoisotopic (exact) mass is 168 g/mol. The molecule has 1 aromatic heterocycles. The largest absolute Gasteiger partial charge is 0.387 e. The lowest BCUT2D eigenvalue weighted by Gasteiger charge is -2.12. The van der Waals surface area contributed by atoms with Crippen LogP contribution in [0.4, 0.5) is 0 Å². The van der Waals surface area contributed by atoms with Gasteiger partial charge in [0.2, 0.25) is 0 Å². The van der Waals surface area contributed by atoms with Gasteiger partial charge in [-0.3, -0.25) is 4.68 Å². The lowest BCUT2D eigenvalue weighted by atomic mass is 10.0. The summed E-state index contributed by atoms with van der Waals surface area (Å²) in [6, 6.07) is 1.85. The Hall–Kier alpha value is -0.830. The normalized spacial score (nSPS) is 13.8. The highest BCUT2D eigenvalue weighted by Gasteiger charge is 2.12. The third-order valence-electron chi connectivity index (χ3n) is 1.89. The van der Waals surface area contributed by atoms with Gasteiger partial charge >= 0.3 is 0 Å². The molecule has 0 saturated heterocycles. The zero-order valence-corrected chi connectivity index (χ0v) is 7.86. The number of aromatic nitrogens is 2. The molecular weight excluding hydrogens is 152 g/mol. The minimum absolute atomic E-state index is 0.377. The van der Waals surface area contributed by atoms with Crippen LogP contribution in [-0.2, 0) is 7.05 Å². The van der Waals surface area contributed by atoms with E-state index in [0.717, 1.165) is 12.1 Å². The van der Waals surface area contributed by atoms with E-state index in [0.29, 0.717) is 5.92 Å².